The first-order chi connectivity index (χ1) is 15.7. The van der Waals surface area contributed by atoms with Crippen LogP contribution >= 0.6 is 0 Å². The molecule has 0 saturated carbocycles. The molecule has 0 heterocycles. The van der Waals surface area contributed by atoms with Gasteiger partial charge in [0.2, 0.25) is 0 Å². The van der Waals surface area contributed by atoms with Crippen LogP contribution in [0.15, 0.2) is 0 Å². The molecule has 0 aliphatic rings. The molecule has 208 valence electrons. The van der Waals surface area contributed by atoms with E-state index in [0.29, 0.717) is 39.1 Å². The Morgan fingerprint density at radius 2 is 0.971 bits per heavy atom. The molecule has 0 unspecified atom stereocenters. The van der Waals surface area contributed by atoms with E-state index in [0.717, 1.165) is 32.4 Å². The van der Waals surface area contributed by atoms with Gasteiger partial charge in [-0.05, 0) is 68.1 Å². The molecule has 0 fully saturated rings. The number of ether oxygens (including phenoxy) is 2. The molecule has 35 heavy (non-hydrogen) atoms. The zero-order valence-electron chi connectivity index (χ0n) is 25.3. The van der Waals surface area contributed by atoms with Crippen molar-refractivity contribution >= 4 is 11.9 Å². The van der Waals surface area contributed by atoms with E-state index in [9.17, 15) is 9.59 Å². The zero-order valence-corrected chi connectivity index (χ0v) is 25.3. The van der Waals surface area contributed by atoms with E-state index in [1.165, 1.54) is 0 Å². The van der Waals surface area contributed by atoms with Crippen molar-refractivity contribution in [2.75, 3.05) is 53.5 Å². The van der Waals surface area contributed by atoms with E-state index in [4.69, 9.17) is 9.47 Å². The number of hydrogen-bond donors (Lipinski definition) is 0. The molecule has 0 aliphatic heterocycles. The fourth-order valence-electron chi connectivity index (χ4n) is 5.11. The van der Waals surface area contributed by atoms with Gasteiger partial charge < -0.3 is 19.3 Å². The third-order valence-corrected chi connectivity index (χ3v) is 5.61. The minimum Gasteiger partial charge on any atom is -0.465 e. The molecule has 6 nitrogen and oxygen atoms in total. The largest absolute Gasteiger partial charge is 0.465 e. The predicted molar refractivity (Wildman–Crippen MR) is 146 cm³/mol. The predicted octanol–water partition coefficient (Wildman–Crippen LogP) is 6.03. The van der Waals surface area contributed by atoms with E-state index >= 15 is 0 Å². The number of nitrogens with zero attached hydrogens (tertiary/aromatic N) is 2. The molecule has 0 bridgehead atoms. The van der Waals surface area contributed by atoms with Crippen molar-refractivity contribution < 1.29 is 19.1 Å². The molecule has 0 atom stereocenters. The van der Waals surface area contributed by atoms with Crippen molar-refractivity contribution in [2.45, 2.75) is 101 Å². The van der Waals surface area contributed by atoms with E-state index in [1.807, 2.05) is 0 Å². The monoisotopic (exact) mass is 498 g/mol. The molecule has 6 heteroatoms. The Morgan fingerprint density at radius 1 is 0.600 bits per heavy atom. The fraction of sp³-hybridized carbons (Fsp3) is 0.931. The maximum absolute atomic E-state index is 12.5. The summed E-state index contributed by atoms with van der Waals surface area (Å²) in [6.07, 6.45) is 3.62. The van der Waals surface area contributed by atoms with Crippen LogP contribution in [0.2, 0.25) is 0 Å². The highest BCUT2D eigenvalue weighted by Gasteiger charge is 2.28. The molecule has 0 aromatic carbocycles. The lowest BCUT2D eigenvalue weighted by atomic mass is 9.77. The minimum absolute atomic E-state index is 0.0518. The summed E-state index contributed by atoms with van der Waals surface area (Å²) in [5.41, 5.74) is 0.277. The SMILES string of the molecule is CN(C)CCCN(CCC(=O)OCC(C)(C)CC(C)(C)C)CCC(=O)OCC(C)(C)CC(C)(C)C. The molecule has 0 aliphatic carbocycles. The Bertz CT molecular complexity index is 580. The normalized spacial score (nSPS) is 13.4. The Kier molecular flexibility index (Phi) is 14.1. The molecule has 0 saturated heterocycles. The fourth-order valence-corrected chi connectivity index (χ4v) is 5.11. The first-order valence-corrected chi connectivity index (χ1v) is 13.4. The van der Waals surface area contributed by atoms with Crippen LogP contribution in [0.4, 0.5) is 0 Å². The van der Waals surface area contributed by atoms with Crippen LogP contribution in [0.25, 0.3) is 0 Å². The standard InChI is InChI=1S/C29H58N2O4/c1-26(2,3)20-28(7,8)22-34-24(32)14-18-31(17-13-16-30(11)12)19-15-25(33)35-23-29(9,10)21-27(4,5)6/h13-23H2,1-12H3. The lowest BCUT2D eigenvalue weighted by molar-refractivity contribution is -0.147. The van der Waals surface area contributed by atoms with Crippen LogP contribution in [0, 0.1) is 21.7 Å². The summed E-state index contributed by atoms with van der Waals surface area (Å²) in [7, 11) is 4.11. The lowest BCUT2D eigenvalue weighted by Crippen LogP contribution is -2.33. The number of carbonyl (C=O) groups is 2. The number of carbonyl (C=O) groups excluding carboxylic acids is 2. The second-order valence-electron chi connectivity index (χ2n) is 14.6. The molecular formula is C29H58N2O4. The lowest BCUT2D eigenvalue weighted by Gasteiger charge is -2.32. The molecule has 0 spiro atoms. The van der Waals surface area contributed by atoms with Crippen LogP contribution in [-0.2, 0) is 19.1 Å². The second kappa shape index (κ2) is 14.6. The molecule has 0 amide bonds. The van der Waals surface area contributed by atoms with Gasteiger partial charge in [0.1, 0.15) is 0 Å². The summed E-state index contributed by atoms with van der Waals surface area (Å²) in [5, 5.41) is 0. The Balaban J connectivity index is 4.68. The summed E-state index contributed by atoms with van der Waals surface area (Å²) < 4.78 is 11.2. The van der Waals surface area contributed by atoms with Gasteiger partial charge in [-0.1, -0.05) is 69.2 Å². The van der Waals surface area contributed by atoms with Gasteiger partial charge >= 0.3 is 11.9 Å². The summed E-state index contributed by atoms with van der Waals surface area (Å²) >= 11 is 0. The van der Waals surface area contributed by atoms with E-state index in [2.05, 4.69) is 93.1 Å². The van der Waals surface area contributed by atoms with Crippen molar-refractivity contribution in [2.24, 2.45) is 21.7 Å². The number of rotatable bonds is 16. The van der Waals surface area contributed by atoms with Crippen LogP contribution in [-0.4, -0.2) is 75.2 Å². The summed E-state index contributed by atoms with van der Waals surface area (Å²) in [5.74, 6) is -0.341. The van der Waals surface area contributed by atoms with Crippen LogP contribution in [0.1, 0.15) is 101 Å². The average Bonchev–Trinajstić information content (AvgIpc) is 2.62. The highest BCUT2D eigenvalue weighted by atomic mass is 16.5. The molecule has 0 rings (SSSR count). The number of hydrogen-bond acceptors (Lipinski definition) is 6. The smallest absolute Gasteiger partial charge is 0.307 e. The van der Waals surface area contributed by atoms with Crippen molar-refractivity contribution in [3.63, 3.8) is 0 Å². The van der Waals surface area contributed by atoms with Crippen molar-refractivity contribution in [1.29, 1.82) is 0 Å². The second-order valence-corrected chi connectivity index (χ2v) is 14.6. The maximum Gasteiger partial charge on any atom is 0.307 e. The van der Waals surface area contributed by atoms with Gasteiger partial charge in [-0.2, -0.15) is 0 Å². The summed E-state index contributed by atoms with van der Waals surface area (Å²) in [6.45, 7) is 25.7. The molecule has 0 aromatic heterocycles. The number of esters is 2. The zero-order chi connectivity index (χ0) is 27.5. The van der Waals surface area contributed by atoms with Crippen molar-refractivity contribution in [1.82, 2.24) is 9.80 Å². The van der Waals surface area contributed by atoms with E-state index < -0.39 is 0 Å². The van der Waals surface area contributed by atoms with Gasteiger partial charge in [0, 0.05) is 13.1 Å². The average molecular weight is 499 g/mol. The first-order valence-electron chi connectivity index (χ1n) is 13.4. The highest BCUT2D eigenvalue weighted by molar-refractivity contribution is 5.70. The Labute approximate surface area is 217 Å². The summed E-state index contributed by atoms with van der Waals surface area (Å²) in [6, 6.07) is 0. The highest BCUT2D eigenvalue weighted by Crippen LogP contribution is 2.34. The van der Waals surface area contributed by atoms with Crippen LogP contribution in [0.3, 0.4) is 0 Å². The Hall–Kier alpha value is -1.14. The van der Waals surface area contributed by atoms with E-state index in [1.54, 1.807) is 0 Å². The van der Waals surface area contributed by atoms with Gasteiger partial charge in [0.05, 0.1) is 26.1 Å². The van der Waals surface area contributed by atoms with Gasteiger partial charge in [0.15, 0.2) is 0 Å². The molecule has 0 N–H and O–H groups in total. The van der Waals surface area contributed by atoms with E-state index in [-0.39, 0.29) is 33.6 Å². The van der Waals surface area contributed by atoms with Gasteiger partial charge in [-0.15, -0.1) is 0 Å². The van der Waals surface area contributed by atoms with Crippen LogP contribution < -0.4 is 0 Å². The third kappa shape index (κ3) is 20.7. The topological polar surface area (TPSA) is 59.1 Å². The van der Waals surface area contributed by atoms with Crippen molar-refractivity contribution in [3.8, 4) is 0 Å². The third-order valence-electron chi connectivity index (χ3n) is 5.61. The molecular weight excluding hydrogens is 440 g/mol. The quantitative estimate of drug-likeness (QED) is 0.242. The first kappa shape index (κ1) is 33.9. The molecule has 0 aromatic rings. The van der Waals surface area contributed by atoms with Gasteiger partial charge in [0.25, 0.3) is 0 Å². The van der Waals surface area contributed by atoms with Crippen LogP contribution in [0.5, 0.6) is 0 Å². The maximum atomic E-state index is 12.5. The molecule has 0 radical (unpaired) electrons. The van der Waals surface area contributed by atoms with Crippen molar-refractivity contribution in [3.05, 3.63) is 0 Å². The van der Waals surface area contributed by atoms with Gasteiger partial charge in [-0.3, -0.25) is 9.59 Å². The summed E-state index contributed by atoms with van der Waals surface area (Å²) in [4.78, 5) is 29.3. The Morgan fingerprint density at radius 3 is 1.29 bits per heavy atom. The van der Waals surface area contributed by atoms with Gasteiger partial charge in [-0.25, -0.2) is 0 Å². The minimum atomic E-state index is -0.170.